The maximum absolute atomic E-state index is 9.99. The molecule has 0 spiro atoms. The van der Waals surface area contributed by atoms with Crippen LogP contribution in [0.4, 0.5) is 0 Å². The second-order valence-electron chi connectivity index (χ2n) is 7.42. The Kier molecular flexibility index (Phi) is 4.67. The topological polar surface area (TPSA) is 80.4 Å². The van der Waals surface area contributed by atoms with Gasteiger partial charge in [0.1, 0.15) is 29.1 Å². The Labute approximate surface area is 179 Å². The van der Waals surface area contributed by atoms with Crippen LogP contribution in [0.15, 0.2) is 79.1 Å². The van der Waals surface area contributed by atoms with E-state index in [-0.39, 0.29) is 11.7 Å². The van der Waals surface area contributed by atoms with Crippen LogP contribution >= 0.6 is 0 Å². The van der Waals surface area contributed by atoms with Gasteiger partial charge in [0, 0.05) is 17.2 Å². The molecule has 0 amide bonds. The van der Waals surface area contributed by atoms with Crippen LogP contribution in [0.1, 0.15) is 28.2 Å². The molecule has 0 fully saturated rings. The summed E-state index contributed by atoms with van der Waals surface area (Å²) in [6.45, 7) is 0.529. The molecule has 0 bridgehead atoms. The molecule has 6 heteroatoms. The minimum Gasteiger partial charge on any atom is -0.508 e. The standard InChI is InChI=1S/C25H21N3O3/c1-30-20-10-6-5-9-18(20)22-19-12-11-17(29)13-21(19)31-25-23(22)24(26)28(15-27-25)14-16-7-3-2-4-8-16/h2-13,15,22,26,29H,14H2,1H3/t22-/m0/s1. The van der Waals surface area contributed by atoms with E-state index in [0.717, 1.165) is 22.4 Å². The number of para-hydroxylation sites is 1. The number of aromatic hydroxyl groups is 1. The fourth-order valence-corrected chi connectivity index (χ4v) is 4.08. The molecule has 0 saturated carbocycles. The van der Waals surface area contributed by atoms with Gasteiger partial charge in [-0.15, -0.1) is 0 Å². The van der Waals surface area contributed by atoms with E-state index in [1.165, 1.54) is 0 Å². The number of nitrogens with zero attached hydrogens (tertiary/aromatic N) is 2. The van der Waals surface area contributed by atoms with Gasteiger partial charge in [-0.3, -0.25) is 5.41 Å². The number of hydrogen-bond acceptors (Lipinski definition) is 5. The highest BCUT2D eigenvalue weighted by molar-refractivity contribution is 5.59. The zero-order chi connectivity index (χ0) is 21.4. The van der Waals surface area contributed by atoms with E-state index in [4.69, 9.17) is 14.9 Å². The van der Waals surface area contributed by atoms with Crippen molar-refractivity contribution in [2.45, 2.75) is 12.5 Å². The fraction of sp³-hybridized carbons (Fsp3) is 0.120. The molecule has 0 aliphatic carbocycles. The molecule has 6 nitrogen and oxygen atoms in total. The van der Waals surface area contributed by atoms with Gasteiger partial charge in [-0.25, -0.2) is 4.98 Å². The summed E-state index contributed by atoms with van der Waals surface area (Å²) in [6, 6.07) is 22.8. The summed E-state index contributed by atoms with van der Waals surface area (Å²) >= 11 is 0. The van der Waals surface area contributed by atoms with Crippen molar-refractivity contribution in [3.05, 3.63) is 107 Å². The number of benzene rings is 3. The Hall–Kier alpha value is -4.06. The minimum atomic E-state index is -0.321. The summed E-state index contributed by atoms with van der Waals surface area (Å²) in [5.74, 6) is 1.40. The van der Waals surface area contributed by atoms with Gasteiger partial charge in [0.25, 0.3) is 0 Å². The molecule has 154 valence electrons. The highest BCUT2D eigenvalue weighted by Crippen LogP contribution is 2.47. The first kappa shape index (κ1) is 18.9. The van der Waals surface area contributed by atoms with Gasteiger partial charge in [-0.1, -0.05) is 54.6 Å². The van der Waals surface area contributed by atoms with E-state index < -0.39 is 0 Å². The number of nitrogens with one attached hydrogen (secondary N) is 1. The SMILES string of the molecule is COc1ccccc1[C@H]1c2ccc(O)cc2Oc2ncn(Cc3ccccc3)c(=N)c21. The first-order valence-electron chi connectivity index (χ1n) is 9.97. The molecule has 5 rings (SSSR count). The number of ether oxygens (including phenoxy) is 2. The van der Waals surface area contributed by atoms with Crippen LogP contribution in [0.3, 0.4) is 0 Å². The molecular weight excluding hydrogens is 390 g/mol. The molecule has 1 atom stereocenters. The summed E-state index contributed by atoms with van der Waals surface area (Å²) in [7, 11) is 1.64. The van der Waals surface area contributed by atoms with E-state index in [1.54, 1.807) is 25.6 Å². The first-order chi connectivity index (χ1) is 15.2. The van der Waals surface area contributed by atoms with Gasteiger partial charge in [0.15, 0.2) is 0 Å². The Morgan fingerprint density at radius 3 is 2.61 bits per heavy atom. The second-order valence-corrected chi connectivity index (χ2v) is 7.42. The van der Waals surface area contributed by atoms with E-state index in [9.17, 15) is 5.11 Å². The number of phenolic OH excluding ortho intramolecular Hbond substituents is 1. The van der Waals surface area contributed by atoms with Crippen LogP contribution in [0.5, 0.6) is 23.1 Å². The normalized spacial score (nSPS) is 14.3. The maximum Gasteiger partial charge on any atom is 0.228 e. The molecule has 3 aromatic carbocycles. The van der Waals surface area contributed by atoms with Crippen molar-refractivity contribution in [1.29, 1.82) is 5.41 Å². The van der Waals surface area contributed by atoms with E-state index in [0.29, 0.717) is 29.2 Å². The van der Waals surface area contributed by atoms with Crippen molar-refractivity contribution in [2.75, 3.05) is 7.11 Å². The molecule has 1 aromatic heterocycles. The Balaban J connectivity index is 1.72. The predicted octanol–water partition coefficient (Wildman–Crippen LogP) is 4.41. The zero-order valence-electron chi connectivity index (χ0n) is 16.9. The lowest BCUT2D eigenvalue weighted by Gasteiger charge is -2.29. The average Bonchev–Trinajstić information content (AvgIpc) is 2.80. The van der Waals surface area contributed by atoms with Crippen LogP contribution in [0.2, 0.25) is 0 Å². The third kappa shape index (κ3) is 3.32. The quantitative estimate of drug-likeness (QED) is 0.459. The number of rotatable bonds is 4. The van der Waals surface area contributed by atoms with Crippen molar-refractivity contribution < 1.29 is 14.6 Å². The number of fused-ring (bicyclic) bond motifs is 2. The molecule has 4 aromatic rings. The predicted molar refractivity (Wildman–Crippen MR) is 116 cm³/mol. The minimum absolute atomic E-state index is 0.113. The lowest BCUT2D eigenvalue weighted by Crippen LogP contribution is -2.30. The van der Waals surface area contributed by atoms with Gasteiger partial charge >= 0.3 is 0 Å². The van der Waals surface area contributed by atoms with Crippen LogP contribution in [-0.2, 0) is 6.54 Å². The summed E-state index contributed by atoms with van der Waals surface area (Å²) in [4.78, 5) is 4.53. The lowest BCUT2D eigenvalue weighted by atomic mass is 9.83. The average molecular weight is 411 g/mol. The second kappa shape index (κ2) is 7.65. The molecule has 2 heterocycles. The summed E-state index contributed by atoms with van der Waals surface area (Å²) in [5.41, 5.74) is 3.83. The zero-order valence-corrected chi connectivity index (χ0v) is 16.9. The molecular formula is C25H21N3O3. The highest BCUT2D eigenvalue weighted by Gasteiger charge is 2.33. The summed E-state index contributed by atoms with van der Waals surface area (Å²) in [6.07, 6.45) is 1.63. The lowest BCUT2D eigenvalue weighted by molar-refractivity contribution is 0.398. The van der Waals surface area contributed by atoms with Gasteiger partial charge in [0.05, 0.1) is 25.1 Å². The van der Waals surface area contributed by atoms with Crippen molar-refractivity contribution in [1.82, 2.24) is 9.55 Å². The maximum atomic E-state index is 9.99. The Morgan fingerprint density at radius 2 is 1.81 bits per heavy atom. The largest absolute Gasteiger partial charge is 0.508 e. The number of aromatic nitrogens is 2. The number of hydrogen-bond donors (Lipinski definition) is 2. The first-order valence-corrected chi connectivity index (χ1v) is 9.97. The van der Waals surface area contributed by atoms with E-state index in [1.807, 2.05) is 65.2 Å². The molecule has 0 saturated heterocycles. The smallest absolute Gasteiger partial charge is 0.228 e. The van der Waals surface area contributed by atoms with Crippen LogP contribution in [0.25, 0.3) is 0 Å². The van der Waals surface area contributed by atoms with Gasteiger partial charge in [-0.05, 0) is 17.7 Å². The molecule has 2 N–H and O–H groups in total. The number of methoxy groups -OCH3 is 1. The molecule has 1 aliphatic rings. The van der Waals surface area contributed by atoms with E-state index >= 15 is 0 Å². The monoisotopic (exact) mass is 411 g/mol. The van der Waals surface area contributed by atoms with Crippen molar-refractivity contribution >= 4 is 0 Å². The molecule has 1 aliphatic heterocycles. The van der Waals surface area contributed by atoms with E-state index in [2.05, 4.69) is 4.98 Å². The highest BCUT2D eigenvalue weighted by atomic mass is 16.5. The fourth-order valence-electron chi connectivity index (χ4n) is 4.08. The van der Waals surface area contributed by atoms with Gasteiger partial charge in [0.2, 0.25) is 5.88 Å². The van der Waals surface area contributed by atoms with Crippen LogP contribution in [-0.4, -0.2) is 21.8 Å². The Bertz CT molecular complexity index is 1320. The third-order valence-electron chi connectivity index (χ3n) is 5.54. The third-order valence-corrected chi connectivity index (χ3v) is 5.54. The Morgan fingerprint density at radius 1 is 1.03 bits per heavy atom. The van der Waals surface area contributed by atoms with Crippen LogP contribution in [0, 0.1) is 5.41 Å². The van der Waals surface area contributed by atoms with Gasteiger partial charge < -0.3 is 19.1 Å². The molecule has 0 radical (unpaired) electrons. The molecule has 0 unspecified atom stereocenters. The summed E-state index contributed by atoms with van der Waals surface area (Å²) < 4.78 is 13.5. The summed E-state index contributed by atoms with van der Waals surface area (Å²) in [5, 5.41) is 19.0. The van der Waals surface area contributed by atoms with Crippen molar-refractivity contribution in [3.8, 4) is 23.1 Å². The van der Waals surface area contributed by atoms with Crippen molar-refractivity contribution in [2.24, 2.45) is 0 Å². The van der Waals surface area contributed by atoms with Gasteiger partial charge in [-0.2, -0.15) is 0 Å². The molecule has 31 heavy (non-hydrogen) atoms. The van der Waals surface area contributed by atoms with Crippen LogP contribution < -0.4 is 15.0 Å². The van der Waals surface area contributed by atoms with Crippen molar-refractivity contribution in [3.63, 3.8) is 0 Å². The number of phenols is 1.